The van der Waals surface area contributed by atoms with Crippen molar-refractivity contribution in [2.75, 3.05) is 12.5 Å². The van der Waals surface area contributed by atoms with Gasteiger partial charge in [-0.05, 0) is 98.5 Å². The van der Waals surface area contributed by atoms with E-state index in [1.54, 1.807) is 20.8 Å². The van der Waals surface area contributed by atoms with Gasteiger partial charge in [-0.25, -0.2) is 25.6 Å². The maximum Gasteiger partial charge on any atom is 0.522 e. The molecule has 0 radical (unpaired) electrons. The molecule has 0 saturated carbocycles. The Morgan fingerprint density at radius 3 is 1.52 bits per heavy atom. The maximum atomic E-state index is 14.6. The SMILES string of the molecule is CC(C)(C)[Si](C)(C)OC1=C(F)CCc2c(Br)sc(S(C)(=O)=O)c21.CC(C)(C)[Si](C)(C)OS(=O)(=O)C(F)(F)F.CS(=O)(=O)c1sc(Br)c2c1C(=O)C(F)CC2. The monoisotopic (exact) mass is 1030 g/mol. The maximum absolute atomic E-state index is 14.6. The lowest BCUT2D eigenvalue weighted by Crippen LogP contribution is -2.45. The van der Waals surface area contributed by atoms with Crippen LogP contribution in [0.2, 0.25) is 36.3 Å². The molecule has 4 rings (SSSR count). The largest absolute Gasteiger partial charge is 0.541 e. The highest BCUT2D eigenvalue weighted by Crippen LogP contribution is 2.49. The molecule has 0 saturated heterocycles. The Morgan fingerprint density at radius 1 is 0.722 bits per heavy atom. The van der Waals surface area contributed by atoms with Crippen molar-refractivity contribution in [3.8, 4) is 0 Å². The summed E-state index contributed by atoms with van der Waals surface area (Å²) < 4.78 is 145. The normalized spacial score (nSPS) is 17.5. The van der Waals surface area contributed by atoms with Crippen LogP contribution in [0.4, 0.5) is 22.0 Å². The second kappa shape index (κ2) is 16.6. The van der Waals surface area contributed by atoms with Gasteiger partial charge in [0.1, 0.15) is 20.0 Å². The van der Waals surface area contributed by atoms with E-state index in [0.717, 1.165) is 44.5 Å². The van der Waals surface area contributed by atoms with Crippen LogP contribution in [0.3, 0.4) is 0 Å². The van der Waals surface area contributed by atoms with Gasteiger partial charge in [-0.15, -0.1) is 22.7 Å². The number of carbonyl (C=O) groups excluding carboxylic acids is 1. The van der Waals surface area contributed by atoms with Gasteiger partial charge >= 0.3 is 15.6 Å². The number of rotatable bonds is 6. The highest BCUT2D eigenvalue weighted by atomic mass is 79.9. The molecule has 2 aliphatic rings. The smallest absolute Gasteiger partial charge is 0.522 e. The predicted octanol–water partition coefficient (Wildman–Crippen LogP) is 10.8. The zero-order chi connectivity index (χ0) is 42.6. The zero-order valence-electron chi connectivity index (χ0n) is 31.8. The molecule has 2 aliphatic carbocycles. The highest BCUT2D eigenvalue weighted by Gasteiger charge is 2.53. The van der Waals surface area contributed by atoms with Crippen molar-refractivity contribution in [2.24, 2.45) is 0 Å². The van der Waals surface area contributed by atoms with E-state index in [0.29, 0.717) is 27.8 Å². The van der Waals surface area contributed by atoms with Crippen LogP contribution in [-0.2, 0) is 50.9 Å². The van der Waals surface area contributed by atoms with Crippen molar-refractivity contribution in [1.82, 2.24) is 0 Å². The first kappa shape index (κ1) is 49.6. The molecule has 0 fully saturated rings. The minimum atomic E-state index is -5.48. The molecule has 0 amide bonds. The van der Waals surface area contributed by atoms with Gasteiger partial charge in [0.05, 0.1) is 18.7 Å². The summed E-state index contributed by atoms with van der Waals surface area (Å²) in [5, 5.41) is -0.693. The lowest BCUT2D eigenvalue weighted by Gasteiger charge is -2.38. The van der Waals surface area contributed by atoms with Crippen LogP contribution >= 0.6 is 54.5 Å². The minimum Gasteiger partial charge on any atom is -0.541 e. The molecule has 310 valence electrons. The molecule has 1 unspecified atom stereocenters. The lowest BCUT2D eigenvalue weighted by atomic mass is 9.93. The Bertz CT molecular complexity index is 2130. The number of halogens is 7. The number of hydrogen-bond acceptors (Lipinski definition) is 11. The van der Waals surface area contributed by atoms with E-state index >= 15 is 0 Å². The lowest BCUT2D eigenvalue weighted by molar-refractivity contribution is -0.0504. The third-order valence-corrected chi connectivity index (χ3v) is 28.0. The number of Topliss-reactive ketones (excluding diaryl/α,β-unsaturated/α-hetero) is 1. The van der Waals surface area contributed by atoms with Gasteiger partial charge in [-0.3, -0.25) is 4.79 Å². The Kier molecular flexibility index (Phi) is 15.3. The fraction of sp³-hybridized carbons (Fsp3) is 0.645. The molecule has 0 spiro atoms. The third kappa shape index (κ3) is 11.3. The van der Waals surface area contributed by atoms with Crippen LogP contribution in [0.15, 0.2) is 21.8 Å². The Morgan fingerprint density at radius 2 is 1.13 bits per heavy atom. The van der Waals surface area contributed by atoms with Crippen LogP contribution in [0.5, 0.6) is 0 Å². The predicted molar refractivity (Wildman–Crippen MR) is 216 cm³/mol. The van der Waals surface area contributed by atoms with Crippen LogP contribution in [0.25, 0.3) is 5.76 Å². The van der Waals surface area contributed by atoms with Crippen LogP contribution in [0, 0.1) is 0 Å². The van der Waals surface area contributed by atoms with E-state index in [1.165, 1.54) is 13.1 Å². The van der Waals surface area contributed by atoms with Gasteiger partial charge in [-0.1, -0.05) is 41.5 Å². The molecule has 2 aromatic rings. The minimum absolute atomic E-state index is 0.0262. The molecular weight excluding hydrogens is 988 g/mol. The van der Waals surface area contributed by atoms with E-state index in [-0.39, 0.29) is 43.4 Å². The summed E-state index contributed by atoms with van der Waals surface area (Å²) in [6.07, 6.45) is 1.87. The van der Waals surface area contributed by atoms with Gasteiger partial charge in [0.15, 0.2) is 31.6 Å². The average molecular weight is 1030 g/mol. The second-order valence-corrected chi connectivity index (χ2v) is 36.2. The van der Waals surface area contributed by atoms with Crippen LogP contribution < -0.4 is 0 Å². The molecule has 0 aliphatic heterocycles. The van der Waals surface area contributed by atoms with Gasteiger partial charge < -0.3 is 8.30 Å². The number of fused-ring (bicyclic) bond motifs is 2. The Balaban J connectivity index is 0.000000290. The Hall–Kier alpha value is -0.536. The van der Waals surface area contributed by atoms with Crippen LogP contribution in [0.1, 0.15) is 81.4 Å². The fourth-order valence-corrected chi connectivity index (χ4v) is 15.8. The van der Waals surface area contributed by atoms with Crippen molar-refractivity contribution in [2.45, 2.75) is 124 Å². The zero-order valence-corrected chi connectivity index (χ0v) is 41.0. The first-order valence-corrected chi connectivity index (χ1v) is 30.3. The summed E-state index contributed by atoms with van der Waals surface area (Å²) in [4.78, 5) is 11.6. The molecule has 54 heavy (non-hydrogen) atoms. The van der Waals surface area contributed by atoms with Crippen molar-refractivity contribution in [3.63, 3.8) is 0 Å². The second-order valence-electron chi connectivity index (χ2n) is 15.8. The molecule has 9 nitrogen and oxygen atoms in total. The molecule has 2 heterocycles. The number of ketones is 1. The molecule has 0 bridgehead atoms. The van der Waals surface area contributed by atoms with E-state index in [2.05, 4.69) is 56.5 Å². The average Bonchev–Trinajstić information content (AvgIpc) is 3.48. The van der Waals surface area contributed by atoms with Crippen molar-refractivity contribution < 1.29 is 60.3 Å². The fourth-order valence-electron chi connectivity index (χ4n) is 4.28. The molecule has 1 atom stereocenters. The molecule has 0 aromatic carbocycles. The molecule has 0 N–H and O–H groups in total. The summed E-state index contributed by atoms with van der Waals surface area (Å²) >= 11 is 8.77. The van der Waals surface area contributed by atoms with Gasteiger partial charge in [0.25, 0.3) is 8.32 Å². The topological polar surface area (TPSA) is 138 Å². The number of carbonyl (C=O) groups is 1. The summed E-state index contributed by atoms with van der Waals surface area (Å²) in [6, 6.07) is 0. The van der Waals surface area contributed by atoms with Gasteiger partial charge in [-0.2, -0.15) is 21.6 Å². The summed E-state index contributed by atoms with van der Waals surface area (Å²) in [6.45, 7) is 18.1. The first-order valence-electron chi connectivity index (χ1n) is 16.1. The van der Waals surface area contributed by atoms with Gasteiger partial charge in [0.2, 0.25) is 8.32 Å². The quantitative estimate of drug-likeness (QED) is 0.157. The third-order valence-electron chi connectivity index (χ3n) is 9.34. The number of hydrogen-bond donors (Lipinski definition) is 0. The van der Waals surface area contributed by atoms with E-state index in [1.807, 2.05) is 13.1 Å². The molecule has 23 heteroatoms. The summed E-state index contributed by atoms with van der Waals surface area (Å²) in [5.74, 6) is -0.915. The van der Waals surface area contributed by atoms with Crippen LogP contribution in [-0.4, -0.2) is 71.9 Å². The summed E-state index contributed by atoms with van der Waals surface area (Å²) in [5.41, 5.74) is -3.39. The summed E-state index contributed by atoms with van der Waals surface area (Å²) in [7, 11) is -17.6. The number of alkyl halides is 4. The van der Waals surface area contributed by atoms with E-state index < -0.39 is 68.9 Å². The van der Waals surface area contributed by atoms with Crippen molar-refractivity contribution in [1.29, 1.82) is 0 Å². The highest BCUT2D eigenvalue weighted by molar-refractivity contribution is 9.11. The number of thiophene rings is 2. The first-order chi connectivity index (χ1) is 23.8. The van der Waals surface area contributed by atoms with Crippen molar-refractivity contribution in [3.05, 3.63) is 35.7 Å². The van der Waals surface area contributed by atoms with E-state index in [4.69, 9.17) is 4.43 Å². The molecular formula is C31H45Br2F5O9S5Si2. The number of allylic oxidation sites excluding steroid dienone is 1. The van der Waals surface area contributed by atoms with E-state index in [9.17, 15) is 52.0 Å². The standard InChI is InChI=1S/C15H22BrFO3S2Si.C9H8BrFO3S2.C7H15F3O3SSi/c1-15(2,3)23(5,6)20-12-10(17)8-7-9-11(12)14(21-13(9)16)22(4,18)19;1-16(13,14)9-6-4(8(10)15-9)2-3-5(11)7(6)12;1-6(2,3)15(4,5)13-14(11,12)7(8,9)10/h7-8H2,1-6H3;5H,2-3H2,1H3;1-5H3. The van der Waals surface area contributed by atoms with Gasteiger partial charge in [0, 0.05) is 18.9 Å². The Labute approximate surface area is 342 Å². The molecule has 2 aromatic heterocycles. The van der Waals surface area contributed by atoms with Crippen molar-refractivity contribution >= 4 is 113 Å². The number of sulfone groups is 2.